The van der Waals surface area contributed by atoms with Gasteiger partial charge >= 0.3 is 0 Å². The van der Waals surface area contributed by atoms with Crippen molar-refractivity contribution in [3.05, 3.63) is 48.0 Å². The van der Waals surface area contributed by atoms with Crippen LogP contribution in [0.5, 0.6) is 0 Å². The molecule has 1 unspecified atom stereocenters. The normalized spacial score (nSPS) is 16.5. The molecule has 1 saturated heterocycles. The zero-order chi connectivity index (χ0) is 14.4. The van der Waals surface area contributed by atoms with E-state index in [0.717, 1.165) is 11.8 Å². The molecule has 0 N–H and O–H groups in total. The van der Waals surface area contributed by atoms with E-state index in [-0.39, 0.29) is 18.2 Å². The first kappa shape index (κ1) is 14.5. The highest BCUT2D eigenvalue weighted by molar-refractivity contribution is 5.94. The second kappa shape index (κ2) is 7.01. The molecule has 1 aliphatic heterocycles. The second-order valence-electron chi connectivity index (χ2n) is 4.80. The van der Waals surface area contributed by atoms with Gasteiger partial charge in [-0.25, -0.2) is 0 Å². The lowest BCUT2D eigenvalue weighted by molar-refractivity contribution is -0.131. The summed E-state index contributed by atoms with van der Waals surface area (Å²) in [7, 11) is 0. The molecule has 1 fully saturated rings. The highest BCUT2D eigenvalue weighted by Gasteiger charge is 2.25. The number of hydrogen-bond acceptors (Lipinski definition) is 3. The minimum Gasteiger partial charge on any atom is -0.378 e. The molecular weight excluding hydrogens is 254 g/mol. The number of benzene rings is 1. The smallest absolute Gasteiger partial charge is 0.249 e. The molecule has 1 aromatic rings. The van der Waals surface area contributed by atoms with Crippen molar-refractivity contribution in [3.8, 4) is 0 Å². The fourth-order valence-corrected chi connectivity index (χ4v) is 2.38. The Labute approximate surface area is 119 Å². The molecule has 2 rings (SSSR count). The summed E-state index contributed by atoms with van der Waals surface area (Å²) < 4.78 is 5.24. The number of morpholine rings is 1. The van der Waals surface area contributed by atoms with E-state index in [2.05, 4.69) is 6.58 Å². The molecule has 4 heteroatoms. The maximum Gasteiger partial charge on any atom is 0.249 e. The third-order valence-electron chi connectivity index (χ3n) is 3.53. The SMILES string of the molecule is C=C(C(=O)N1CCOCC1)C(CC=O)c1ccccc1. The van der Waals surface area contributed by atoms with Gasteiger partial charge in [0, 0.05) is 31.0 Å². The molecule has 1 atom stereocenters. The van der Waals surface area contributed by atoms with Gasteiger partial charge in [0.1, 0.15) is 6.29 Å². The fraction of sp³-hybridized carbons (Fsp3) is 0.375. The quantitative estimate of drug-likeness (QED) is 0.607. The monoisotopic (exact) mass is 273 g/mol. The van der Waals surface area contributed by atoms with E-state index in [9.17, 15) is 9.59 Å². The van der Waals surface area contributed by atoms with Gasteiger partial charge in [-0.15, -0.1) is 0 Å². The molecule has 0 radical (unpaired) electrons. The average Bonchev–Trinajstić information content (AvgIpc) is 2.53. The Kier molecular flexibility index (Phi) is 5.07. The maximum atomic E-state index is 12.4. The standard InChI is InChI=1S/C16H19NO3/c1-13(16(19)17-8-11-20-12-9-17)15(7-10-18)14-5-3-2-4-6-14/h2-6,10,15H,1,7-9,11-12H2. The largest absolute Gasteiger partial charge is 0.378 e. The van der Waals surface area contributed by atoms with Crippen LogP contribution in [0.15, 0.2) is 42.5 Å². The van der Waals surface area contributed by atoms with Crippen LogP contribution in [0, 0.1) is 0 Å². The van der Waals surface area contributed by atoms with Crippen LogP contribution >= 0.6 is 0 Å². The molecule has 1 heterocycles. The molecule has 0 saturated carbocycles. The molecule has 0 aromatic heterocycles. The van der Waals surface area contributed by atoms with Gasteiger partial charge in [0.15, 0.2) is 0 Å². The minimum absolute atomic E-state index is 0.0796. The first-order chi connectivity index (χ1) is 9.74. The van der Waals surface area contributed by atoms with Crippen LogP contribution in [0.3, 0.4) is 0 Å². The van der Waals surface area contributed by atoms with Gasteiger partial charge in [0.25, 0.3) is 0 Å². The van der Waals surface area contributed by atoms with E-state index in [1.54, 1.807) is 4.90 Å². The summed E-state index contributed by atoms with van der Waals surface area (Å²) in [4.78, 5) is 25.1. The molecular formula is C16H19NO3. The Hall–Kier alpha value is -1.94. The van der Waals surface area contributed by atoms with Crippen LogP contribution in [-0.4, -0.2) is 43.4 Å². The number of amides is 1. The third-order valence-corrected chi connectivity index (χ3v) is 3.53. The van der Waals surface area contributed by atoms with Gasteiger partial charge < -0.3 is 14.4 Å². The number of nitrogens with zero attached hydrogens (tertiary/aromatic N) is 1. The van der Waals surface area contributed by atoms with Crippen LogP contribution < -0.4 is 0 Å². The molecule has 0 aliphatic carbocycles. The van der Waals surface area contributed by atoms with Gasteiger partial charge in [0.05, 0.1) is 13.2 Å². The highest BCUT2D eigenvalue weighted by atomic mass is 16.5. The zero-order valence-electron chi connectivity index (χ0n) is 11.5. The first-order valence-corrected chi connectivity index (χ1v) is 6.78. The molecule has 1 aromatic carbocycles. The van der Waals surface area contributed by atoms with Crippen molar-refractivity contribution in [3.63, 3.8) is 0 Å². The van der Waals surface area contributed by atoms with Crippen molar-refractivity contribution in [2.45, 2.75) is 12.3 Å². The molecule has 4 nitrogen and oxygen atoms in total. The van der Waals surface area contributed by atoms with Crippen LogP contribution in [-0.2, 0) is 14.3 Å². The van der Waals surface area contributed by atoms with Crippen LogP contribution in [0.4, 0.5) is 0 Å². The summed E-state index contributed by atoms with van der Waals surface area (Å²) in [5.41, 5.74) is 1.43. The number of carbonyl (C=O) groups excluding carboxylic acids is 2. The van der Waals surface area contributed by atoms with Crippen LogP contribution in [0.25, 0.3) is 0 Å². The minimum atomic E-state index is -0.246. The molecule has 0 spiro atoms. The molecule has 1 amide bonds. The van der Waals surface area contributed by atoms with Gasteiger partial charge in [-0.05, 0) is 5.56 Å². The van der Waals surface area contributed by atoms with E-state index in [4.69, 9.17) is 4.74 Å². The topological polar surface area (TPSA) is 46.6 Å². The van der Waals surface area contributed by atoms with Crippen molar-refractivity contribution in [2.24, 2.45) is 0 Å². The summed E-state index contributed by atoms with van der Waals surface area (Å²) in [5.74, 6) is -0.326. The number of hydrogen-bond donors (Lipinski definition) is 0. The number of aldehydes is 1. The van der Waals surface area contributed by atoms with E-state index >= 15 is 0 Å². The third kappa shape index (κ3) is 3.33. The Morgan fingerprint density at radius 3 is 2.55 bits per heavy atom. The molecule has 20 heavy (non-hydrogen) atoms. The van der Waals surface area contributed by atoms with Gasteiger partial charge in [0.2, 0.25) is 5.91 Å². The lowest BCUT2D eigenvalue weighted by atomic mass is 9.88. The highest BCUT2D eigenvalue weighted by Crippen LogP contribution is 2.27. The lowest BCUT2D eigenvalue weighted by Crippen LogP contribution is -2.42. The summed E-state index contributed by atoms with van der Waals surface area (Å²) in [5, 5.41) is 0. The summed E-state index contributed by atoms with van der Waals surface area (Å²) in [6.07, 6.45) is 1.12. The molecule has 106 valence electrons. The van der Waals surface area contributed by atoms with Crippen molar-refractivity contribution in [2.75, 3.05) is 26.3 Å². The van der Waals surface area contributed by atoms with E-state index in [0.29, 0.717) is 31.9 Å². The number of carbonyl (C=O) groups is 2. The maximum absolute atomic E-state index is 12.4. The predicted molar refractivity (Wildman–Crippen MR) is 76.4 cm³/mol. The van der Waals surface area contributed by atoms with Gasteiger partial charge in [-0.3, -0.25) is 4.79 Å². The van der Waals surface area contributed by atoms with Crippen molar-refractivity contribution in [1.29, 1.82) is 0 Å². The zero-order valence-corrected chi connectivity index (χ0v) is 11.5. The number of ether oxygens (including phenoxy) is 1. The van der Waals surface area contributed by atoms with E-state index in [1.165, 1.54) is 0 Å². The summed E-state index contributed by atoms with van der Waals surface area (Å²) in [6, 6.07) is 9.56. The van der Waals surface area contributed by atoms with Crippen molar-refractivity contribution >= 4 is 12.2 Å². The molecule has 0 bridgehead atoms. The predicted octanol–water partition coefficient (Wildman–Crippen LogP) is 1.77. The summed E-state index contributed by atoms with van der Waals surface area (Å²) in [6.45, 7) is 6.22. The van der Waals surface area contributed by atoms with Crippen LogP contribution in [0.2, 0.25) is 0 Å². The lowest BCUT2D eigenvalue weighted by Gasteiger charge is -2.29. The first-order valence-electron chi connectivity index (χ1n) is 6.78. The summed E-state index contributed by atoms with van der Waals surface area (Å²) >= 11 is 0. The van der Waals surface area contributed by atoms with E-state index < -0.39 is 0 Å². The Bertz CT molecular complexity index is 478. The Morgan fingerprint density at radius 1 is 1.30 bits per heavy atom. The average molecular weight is 273 g/mol. The van der Waals surface area contributed by atoms with Gasteiger partial charge in [-0.1, -0.05) is 36.9 Å². The fourth-order valence-electron chi connectivity index (χ4n) is 2.38. The van der Waals surface area contributed by atoms with Gasteiger partial charge in [-0.2, -0.15) is 0 Å². The molecule has 1 aliphatic rings. The van der Waals surface area contributed by atoms with Crippen molar-refractivity contribution < 1.29 is 14.3 Å². The Morgan fingerprint density at radius 2 is 1.95 bits per heavy atom. The second-order valence-corrected chi connectivity index (χ2v) is 4.80. The van der Waals surface area contributed by atoms with Crippen LogP contribution in [0.1, 0.15) is 17.9 Å². The number of rotatable bonds is 5. The Balaban J connectivity index is 2.14. The van der Waals surface area contributed by atoms with E-state index in [1.807, 2.05) is 30.3 Å². The van der Waals surface area contributed by atoms with Crippen molar-refractivity contribution in [1.82, 2.24) is 4.90 Å².